The Hall–Kier alpha value is -2.90. The summed E-state index contributed by atoms with van der Waals surface area (Å²) < 4.78 is 12.7. The summed E-state index contributed by atoms with van der Waals surface area (Å²) in [5.74, 6) is 1.42. The standard InChI is InChI=1S/C22H26N4O3/c1-28-13-5-10-25-11-12-26-19-9-8-16(14-18(19)24-21(26)15-25)23-22(27)17-6-3-4-7-20(17)29-2/h3-4,6-9,14H,5,10-13,15H2,1-2H3,(H,23,27). The maximum atomic E-state index is 12.7. The summed E-state index contributed by atoms with van der Waals surface area (Å²) in [5, 5.41) is 2.96. The molecule has 0 bridgehead atoms. The second-order valence-electron chi connectivity index (χ2n) is 7.16. The zero-order chi connectivity index (χ0) is 20.2. The lowest BCUT2D eigenvalue weighted by Crippen LogP contribution is -2.34. The topological polar surface area (TPSA) is 68.6 Å². The Balaban J connectivity index is 1.51. The van der Waals surface area contributed by atoms with Gasteiger partial charge >= 0.3 is 0 Å². The molecule has 0 spiro atoms. The molecule has 1 N–H and O–H groups in total. The number of para-hydroxylation sites is 1. The van der Waals surface area contributed by atoms with Gasteiger partial charge in [0.15, 0.2) is 0 Å². The van der Waals surface area contributed by atoms with Crippen LogP contribution < -0.4 is 10.1 Å². The van der Waals surface area contributed by atoms with Crippen molar-refractivity contribution in [1.82, 2.24) is 14.5 Å². The third-order valence-corrected chi connectivity index (χ3v) is 5.26. The van der Waals surface area contributed by atoms with Crippen LogP contribution in [0.2, 0.25) is 0 Å². The van der Waals surface area contributed by atoms with E-state index in [0.717, 1.165) is 61.8 Å². The number of nitrogens with zero attached hydrogens (tertiary/aromatic N) is 3. The van der Waals surface area contributed by atoms with Crippen molar-refractivity contribution < 1.29 is 14.3 Å². The Morgan fingerprint density at radius 3 is 2.86 bits per heavy atom. The molecule has 0 fully saturated rings. The molecule has 2 aromatic carbocycles. The van der Waals surface area contributed by atoms with E-state index in [-0.39, 0.29) is 5.91 Å². The molecule has 7 heteroatoms. The molecule has 3 aromatic rings. The van der Waals surface area contributed by atoms with E-state index < -0.39 is 0 Å². The van der Waals surface area contributed by atoms with Crippen LogP contribution in [0.25, 0.3) is 11.0 Å². The normalized spacial score (nSPS) is 14.0. The van der Waals surface area contributed by atoms with Crippen LogP contribution in [0, 0.1) is 0 Å². The van der Waals surface area contributed by atoms with Crippen molar-refractivity contribution in [3.8, 4) is 5.75 Å². The highest BCUT2D eigenvalue weighted by molar-refractivity contribution is 6.06. The van der Waals surface area contributed by atoms with Gasteiger partial charge in [0.1, 0.15) is 11.6 Å². The number of imidazole rings is 1. The number of carbonyl (C=O) groups excluding carboxylic acids is 1. The minimum Gasteiger partial charge on any atom is -0.496 e. The Labute approximate surface area is 170 Å². The molecule has 0 saturated heterocycles. The van der Waals surface area contributed by atoms with Gasteiger partial charge in [-0.3, -0.25) is 9.69 Å². The maximum absolute atomic E-state index is 12.7. The van der Waals surface area contributed by atoms with Crippen molar-refractivity contribution in [2.45, 2.75) is 19.5 Å². The number of hydrogen-bond donors (Lipinski definition) is 1. The predicted molar refractivity (Wildman–Crippen MR) is 112 cm³/mol. The summed E-state index contributed by atoms with van der Waals surface area (Å²) in [6.07, 6.45) is 1.02. The summed E-state index contributed by atoms with van der Waals surface area (Å²) in [4.78, 5) is 19.9. The molecule has 0 aliphatic carbocycles. The van der Waals surface area contributed by atoms with E-state index >= 15 is 0 Å². The van der Waals surface area contributed by atoms with Gasteiger partial charge in [-0.25, -0.2) is 4.98 Å². The number of hydrogen-bond acceptors (Lipinski definition) is 5. The van der Waals surface area contributed by atoms with Crippen LogP contribution in [0.15, 0.2) is 42.5 Å². The summed E-state index contributed by atoms with van der Waals surface area (Å²) >= 11 is 0. The first-order valence-corrected chi connectivity index (χ1v) is 9.84. The van der Waals surface area contributed by atoms with Crippen molar-refractivity contribution in [2.24, 2.45) is 0 Å². The smallest absolute Gasteiger partial charge is 0.259 e. The first-order valence-electron chi connectivity index (χ1n) is 9.84. The van der Waals surface area contributed by atoms with Crippen LogP contribution in [-0.2, 0) is 17.8 Å². The average Bonchev–Trinajstić information content (AvgIpc) is 3.10. The highest BCUT2D eigenvalue weighted by atomic mass is 16.5. The maximum Gasteiger partial charge on any atom is 0.259 e. The summed E-state index contributed by atoms with van der Waals surface area (Å²) in [6, 6.07) is 13.1. The molecule has 1 amide bonds. The molecule has 7 nitrogen and oxygen atoms in total. The first-order chi connectivity index (χ1) is 14.2. The number of anilines is 1. The Kier molecular flexibility index (Phi) is 5.78. The third kappa shape index (κ3) is 4.11. The van der Waals surface area contributed by atoms with Gasteiger partial charge in [-0.1, -0.05) is 12.1 Å². The molecular weight excluding hydrogens is 368 g/mol. The van der Waals surface area contributed by atoms with Gasteiger partial charge in [-0.15, -0.1) is 0 Å². The van der Waals surface area contributed by atoms with Crippen LogP contribution in [0.1, 0.15) is 22.6 Å². The number of carbonyl (C=O) groups is 1. The van der Waals surface area contributed by atoms with Gasteiger partial charge in [0.05, 0.1) is 30.3 Å². The van der Waals surface area contributed by atoms with E-state index in [4.69, 9.17) is 14.5 Å². The molecule has 1 aliphatic heterocycles. The zero-order valence-corrected chi connectivity index (χ0v) is 16.9. The van der Waals surface area contributed by atoms with E-state index in [1.54, 1.807) is 26.4 Å². The lowest BCUT2D eigenvalue weighted by Gasteiger charge is -2.27. The average molecular weight is 394 g/mol. The predicted octanol–water partition coefficient (Wildman–Crippen LogP) is 3.15. The summed E-state index contributed by atoms with van der Waals surface area (Å²) in [5.41, 5.74) is 3.23. The Bertz CT molecular complexity index is 1010. The minimum atomic E-state index is -0.199. The van der Waals surface area contributed by atoms with Gasteiger partial charge in [0.2, 0.25) is 0 Å². The molecule has 0 atom stereocenters. The largest absolute Gasteiger partial charge is 0.496 e. The quantitative estimate of drug-likeness (QED) is 0.624. The van der Waals surface area contributed by atoms with Gasteiger partial charge in [0, 0.05) is 39.0 Å². The Morgan fingerprint density at radius 1 is 1.17 bits per heavy atom. The number of benzene rings is 2. The second kappa shape index (κ2) is 8.63. The van der Waals surface area contributed by atoms with Crippen molar-refractivity contribution in [3.63, 3.8) is 0 Å². The van der Waals surface area contributed by atoms with Crippen LogP contribution in [0.4, 0.5) is 5.69 Å². The molecule has 1 aliphatic rings. The molecule has 1 aromatic heterocycles. The van der Waals surface area contributed by atoms with E-state index in [1.165, 1.54) is 0 Å². The molecule has 4 rings (SSSR count). The van der Waals surface area contributed by atoms with Crippen LogP contribution in [0.3, 0.4) is 0 Å². The van der Waals surface area contributed by atoms with E-state index in [9.17, 15) is 4.79 Å². The summed E-state index contributed by atoms with van der Waals surface area (Å²) in [7, 11) is 3.30. The van der Waals surface area contributed by atoms with Gasteiger partial charge in [0.25, 0.3) is 5.91 Å². The van der Waals surface area contributed by atoms with Crippen molar-refractivity contribution in [3.05, 3.63) is 53.9 Å². The number of ether oxygens (including phenoxy) is 2. The fourth-order valence-electron chi connectivity index (χ4n) is 3.80. The van der Waals surface area contributed by atoms with Crippen LogP contribution in [0.5, 0.6) is 5.75 Å². The second-order valence-corrected chi connectivity index (χ2v) is 7.16. The molecule has 0 radical (unpaired) electrons. The number of fused-ring (bicyclic) bond motifs is 3. The highest BCUT2D eigenvalue weighted by Crippen LogP contribution is 2.25. The molecular formula is C22H26N4O3. The lowest BCUT2D eigenvalue weighted by atomic mass is 10.2. The number of aromatic nitrogens is 2. The molecule has 2 heterocycles. The van der Waals surface area contributed by atoms with Crippen LogP contribution >= 0.6 is 0 Å². The van der Waals surface area contributed by atoms with E-state index in [0.29, 0.717) is 11.3 Å². The van der Waals surface area contributed by atoms with Gasteiger partial charge in [-0.05, 0) is 36.8 Å². The molecule has 29 heavy (non-hydrogen) atoms. The Morgan fingerprint density at radius 2 is 2.03 bits per heavy atom. The zero-order valence-electron chi connectivity index (χ0n) is 16.9. The number of methoxy groups -OCH3 is 2. The molecule has 0 unspecified atom stereocenters. The van der Waals surface area contributed by atoms with E-state index in [1.807, 2.05) is 30.3 Å². The monoisotopic (exact) mass is 394 g/mol. The SMILES string of the molecule is COCCCN1CCn2c(nc3cc(NC(=O)c4ccccc4OC)ccc32)C1. The van der Waals surface area contributed by atoms with Crippen LogP contribution in [-0.4, -0.2) is 54.3 Å². The fourth-order valence-corrected chi connectivity index (χ4v) is 3.80. The highest BCUT2D eigenvalue weighted by Gasteiger charge is 2.20. The lowest BCUT2D eigenvalue weighted by molar-refractivity contribution is 0.102. The minimum absolute atomic E-state index is 0.199. The van der Waals surface area contributed by atoms with E-state index in [2.05, 4.69) is 14.8 Å². The first kappa shape index (κ1) is 19.4. The summed E-state index contributed by atoms with van der Waals surface area (Å²) in [6.45, 7) is 4.56. The van der Waals surface area contributed by atoms with Gasteiger partial charge in [-0.2, -0.15) is 0 Å². The van der Waals surface area contributed by atoms with Crippen molar-refractivity contribution in [1.29, 1.82) is 0 Å². The number of amides is 1. The van der Waals surface area contributed by atoms with Gasteiger partial charge < -0.3 is 19.4 Å². The molecule has 152 valence electrons. The number of nitrogens with one attached hydrogen (secondary N) is 1. The third-order valence-electron chi connectivity index (χ3n) is 5.26. The van der Waals surface area contributed by atoms with Crippen molar-refractivity contribution in [2.75, 3.05) is 39.2 Å². The number of rotatable bonds is 7. The fraction of sp³-hybridized carbons (Fsp3) is 0.364. The molecule has 0 saturated carbocycles. The van der Waals surface area contributed by atoms with Crippen molar-refractivity contribution >= 4 is 22.6 Å².